The second-order valence-corrected chi connectivity index (χ2v) is 6.40. The Bertz CT molecular complexity index is 726. The molecule has 1 N–H and O–H groups in total. The Morgan fingerprint density at radius 1 is 1.12 bits per heavy atom. The van der Waals surface area contributed by atoms with E-state index in [1.807, 2.05) is 31.2 Å². The molecule has 2 aromatic carbocycles. The maximum absolute atomic E-state index is 11.9. The molecular weight excluding hydrogens is 370 g/mol. The van der Waals surface area contributed by atoms with E-state index in [2.05, 4.69) is 21.2 Å². The molecule has 4 nitrogen and oxygen atoms in total. The van der Waals surface area contributed by atoms with E-state index >= 15 is 0 Å². The first-order valence-electron chi connectivity index (χ1n) is 7.81. The summed E-state index contributed by atoms with van der Waals surface area (Å²) in [6, 6.07) is 12.9. The largest absolute Gasteiger partial charge is 0.488 e. The summed E-state index contributed by atoms with van der Waals surface area (Å²) >= 11 is 3.39. The lowest BCUT2D eigenvalue weighted by Crippen LogP contribution is -2.11. The third-order valence-corrected chi connectivity index (χ3v) is 3.96. The Balaban J connectivity index is 2.12. The summed E-state index contributed by atoms with van der Waals surface area (Å²) < 4.78 is 6.79. The van der Waals surface area contributed by atoms with Crippen molar-refractivity contribution in [3.63, 3.8) is 0 Å². The van der Waals surface area contributed by atoms with E-state index in [1.165, 1.54) is 6.92 Å². The van der Waals surface area contributed by atoms with Crippen LogP contribution in [0.1, 0.15) is 42.6 Å². The van der Waals surface area contributed by atoms with E-state index in [-0.39, 0.29) is 11.7 Å². The molecule has 1 amide bonds. The number of anilines is 1. The van der Waals surface area contributed by atoms with Crippen LogP contribution in [-0.4, -0.2) is 11.7 Å². The number of amides is 1. The van der Waals surface area contributed by atoms with Crippen LogP contribution in [0.15, 0.2) is 46.9 Å². The molecular formula is C19H20BrNO3. The minimum absolute atomic E-state index is 0.0597. The van der Waals surface area contributed by atoms with E-state index in [1.54, 1.807) is 18.2 Å². The maximum Gasteiger partial charge on any atom is 0.224 e. The molecule has 24 heavy (non-hydrogen) atoms. The van der Waals surface area contributed by atoms with Crippen LogP contribution in [-0.2, 0) is 11.4 Å². The number of carbonyl (C=O) groups is 2. The first-order chi connectivity index (χ1) is 11.5. The van der Waals surface area contributed by atoms with Crippen LogP contribution >= 0.6 is 15.9 Å². The predicted octanol–water partition coefficient (Wildman–Crippen LogP) is 4.97. The lowest BCUT2D eigenvalue weighted by molar-refractivity contribution is -0.116. The fourth-order valence-electron chi connectivity index (χ4n) is 2.20. The molecule has 0 aliphatic heterocycles. The highest BCUT2D eigenvalue weighted by molar-refractivity contribution is 9.10. The third-order valence-electron chi connectivity index (χ3n) is 3.43. The second kappa shape index (κ2) is 8.64. The van der Waals surface area contributed by atoms with Gasteiger partial charge >= 0.3 is 0 Å². The number of ether oxygens (including phenoxy) is 1. The van der Waals surface area contributed by atoms with Crippen molar-refractivity contribution in [2.45, 2.75) is 33.3 Å². The SMILES string of the molecule is CCCC(=O)Nc1ccc(OCc2ccc(Br)cc2)c(C(C)=O)c1. The highest BCUT2D eigenvalue weighted by Gasteiger charge is 2.11. The van der Waals surface area contributed by atoms with Crippen molar-refractivity contribution in [3.8, 4) is 5.75 Å². The molecule has 0 aliphatic rings. The van der Waals surface area contributed by atoms with E-state index in [9.17, 15) is 9.59 Å². The van der Waals surface area contributed by atoms with Crippen LogP contribution in [0.25, 0.3) is 0 Å². The molecule has 0 fully saturated rings. The smallest absolute Gasteiger partial charge is 0.224 e. The lowest BCUT2D eigenvalue weighted by atomic mass is 10.1. The zero-order valence-corrected chi connectivity index (χ0v) is 15.4. The molecule has 2 aromatic rings. The fraction of sp³-hybridized carbons (Fsp3) is 0.263. The molecule has 126 valence electrons. The molecule has 0 saturated heterocycles. The summed E-state index contributed by atoms with van der Waals surface area (Å²) in [6.07, 6.45) is 1.23. The second-order valence-electron chi connectivity index (χ2n) is 5.48. The van der Waals surface area contributed by atoms with E-state index in [4.69, 9.17) is 4.74 Å². The highest BCUT2D eigenvalue weighted by atomic mass is 79.9. The molecule has 0 spiro atoms. The van der Waals surface area contributed by atoms with E-state index in [0.29, 0.717) is 30.0 Å². The van der Waals surface area contributed by atoms with Gasteiger partial charge in [-0.25, -0.2) is 0 Å². The number of rotatable bonds is 7. The average Bonchev–Trinajstić information content (AvgIpc) is 2.55. The number of hydrogen-bond acceptors (Lipinski definition) is 3. The van der Waals surface area contributed by atoms with Gasteiger partial charge in [0.1, 0.15) is 12.4 Å². The first-order valence-corrected chi connectivity index (χ1v) is 8.61. The van der Waals surface area contributed by atoms with Gasteiger partial charge in [0.25, 0.3) is 0 Å². The topological polar surface area (TPSA) is 55.4 Å². The molecule has 0 saturated carbocycles. The van der Waals surface area contributed by atoms with Crippen molar-refractivity contribution in [1.82, 2.24) is 0 Å². The lowest BCUT2D eigenvalue weighted by Gasteiger charge is -2.12. The monoisotopic (exact) mass is 389 g/mol. The highest BCUT2D eigenvalue weighted by Crippen LogP contribution is 2.25. The number of benzene rings is 2. The molecule has 0 aromatic heterocycles. The number of hydrogen-bond donors (Lipinski definition) is 1. The van der Waals surface area contributed by atoms with Crippen LogP contribution in [0.5, 0.6) is 5.75 Å². The summed E-state index contributed by atoms with van der Waals surface area (Å²) in [5, 5.41) is 2.79. The van der Waals surface area contributed by atoms with Crippen LogP contribution < -0.4 is 10.1 Å². The number of Topliss-reactive ketones (excluding diaryl/α,β-unsaturated/α-hetero) is 1. The number of nitrogens with one attached hydrogen (secondary N) is 1. The standard InChI is InChI=1S/C19H20BrNO3/c1-3-4-19(23)21-16-9-10-18(17(11-16)13(2)22)24-12-14-5-7-15(20)8-6-14/h5-11H,3-4,12H2,1-2H3,(H,21,23). The molecule has 5 heteroatoms. The van der Waals surface area contributed by atoms with Crippen molar-refractivity contribution in [3.05, 3.63) is 58.1 Å². The van der Waals surface area contributed by atoms with Crippen molar-refractivity contribution in [2.24, 2.45) is 0 Å². The third kappa shape index (κ3) is 5.20. The van der Waals surface area contributed by atoms with Crippen LogP contribution in [0, 0.1) is 0 Å². The normalized spacial score (nSPS) is 10.3. The van der Waals surface area contributed by atoms with Crippen LogP contribution in [0.4, 0.5) is 5.69 Å². The Morgan fingerprint density at radius 3 is 2.46 bits per heavy atom. The summed E-state index contributed by atoms with van der Waals surface area (Å²) in [7, 11) is 0. The minimum atomic E-state index is -0.104. The van der Waals surface area contributed by atoms with Crippen LogP contribution in [0.3, 0.4) is 0 Å². The molecule has 0 unspecified atom stereocenters. The van der Waals surface area contributed by atoms with E-state index in [0.717, 1.165) is 16.5 Å². The predicted molar refractivity (Wildman–Crippen MR) is 98.5 cm³/mol. The number of ketones is 1. The summed E-state index contributed by atoms with van der Waals surface area (Å²) in [5.74, 6) is 0.349. The van der Waals surface area contributed by atoms with Gasteiger partial charge in [-0.1, -0.05) is 35.0 Å². The van der Waals surface area contributed by atoms with Crippen LogP contribution in [0.2, 0.25) is 0 Å². The van der Waals surface area contributed by atoms with Gasteiger partial charge in [0, 0.05) is 16.6 Å². The summed E-state index contributed by atoms with van der Waals surface area (Å²) in [5.41, 5.74) is 2.07. The van der Waals surface area contributed by atoms with Crippen molar-refractivity contribution in [2.75, 3.05) is 5.32 Å². The summed E-state index contributed by atoms with van der Waals surface area (Å²) in [6.45, 7) is 3.80. The quantitative estimate of drug-likeness (QED) is 0.680. The number of halogens is 1. The average molecular weight is 390 g/mol. The first kappa shape index (κ1) is 18.2. The Kier molecular flexibility index (Phi) is 6.55. The molecule has 0 aliphatic carbocycles. The number of carbonyl (C=O) groups excluding carboxylic acids is 2. The Hall–Kier alpha value is -2.14. The molecule has 0 heterocycles. The molecule has 2 rings (SSSR count). The Morgan fingerprint density at radius 2 is 1.83 bits per heavy atom. The van der Waals surface area contributed by atoms with Gasteiger partial charge in [-0.2, -0.15) is 0 Å². The Labute approximate surface area is 150 Å². The van der Waals surface area contributed by atoms with Gasteiger partial charge in [0.15, 0.2) is 5.78 Å². The summed E-state index contributed by atoms with van der Waals surface area (Å²) in [4.78, 5) is 23.6. The van der Waals surface area contributed by atoms with Gasteiger partial charge in [0.2, 0.25) is 5.91 Å². The zero-order valence-electron chi connectivity index (χ0n) is 13.8. The van der Waals surface area contributed by atoms with Gasteiger partial charge < -0.3 is 10.1 Å². The van der Waals surface area contributed by atoms with Gasteiger partial charge in [0.05, 0.1) is 5.56 Å². The molecule has 0 bridgehead atoms. The molecule has 0 radical (unpaired) electrons. The minimum Gasteiger partial charge on any atom is -0.488 e. The van der Waals surface area contributed by atoms with E-state index < -0.39 is 0 Å². The zero-order chi connectivity index (χ0) is 17.5. The van der Waals surface area contributed by atoms with Crippen molar-refractivity contribution in [1.29, 1.82) is 0 Å². The van der Waals surface area contributed by atoms with Crippen molar-refractivity contribution >= 4 is 33.3 Å². The van der Waals surface area contributed by atoms with Crippen molar-refractivity contribution < 1.29 is 14.3 Å². The van der Waals surface area contributed by atoms with Gasteiger partial charge in [-0.05, 0) is 49.2 Å². The van der Waals surface area contributed by atoms with Gasteiger partial charge in [-0.15, -0.1) is 0 Å². The fourth-order valence-corrected chi connectivity index (χ4v) is 2.47. The molecule has 0 atom stereocenters. The van der Waals surface area contributed by atoms with Gasteiger partial charge in [-0.3, -0.25) is 9.59 Å². The maximum atomic E-state index is 11.9.